The van der Waals surface area contributed by atoms with Crippen molar-refractivity contribution in [1.82, 2.24) is 0 Å². The SMILES string of the molecule is CCCCCCOc1ccc(N)cc1F. The molecule has 0 fully saturated rings. The second-order valence-electron chi connectivity index (χ2n) is 3.60. The second kappa shape index (κ2) is 6.27. The first-order valence-electron chi connectivity index (χ1n) is 5.42. The molecule has 15 heavy (non-hydrogen) atoms. The maximum atomic E-state index is 13.2. The summed E-state index contributed by atoms with van der Waals surface area (Å²) in [4.78, 5) is 0. The predicted molar refractivity (Wildman–Crippen MR) is 60.4 cm³/mol. The first-order valence-corrected chi connectivity index (χ1v) is 5.42. The molecule has 1 aromatic rings. The van der Waals surface area contributed by atoms with Crippen LogP contribution in [-0.4, -0.2) is 6.61 Å². The van der Waals surface area contributed by atoms with Crippen molar-refractivity contribution in [3.63, 3.8) is 0 Å². The minimum Gasteiger partial charge on any atom is -0.491 e. The summed E-state index contributed by atoms with van der Waals surface area (Å²) in [6.45, 7) is 2.72. The monoisotopic (exact) mass is 211 g/mol. The van der Waals surface area contributed by atoms with Crippen LogP contribution in [0.3, 0.4) is 0 Å². The Labute approximate surface area is 90.2 Å². The van der Waals surface area contributed by atoms with E-state index in [2.05, 4.69) is 6.92 Å². The van der Waals surface area contributed by atoms with Crippen molar-refractivity contribution in [1.29, 1.82) is 0 Å². The average molecular weight is 211 g/mol. The smallest absolute Gasteiger partial charge is 0.167 e. The van der Waals surface area contributed by atoms with Gasteiger partial charge < -0.3 is 10.5 Å². The highest BCUT2D eigenvalue weighted by Gasteiger charge is 2.02. The Balaban J connectivity index is 2.31. The molecule has 1 rings (SSSR count). The highest BCUT2D eigenvalue weighted by molar-refractivity contribution is 5.42. The Hall–Kier alpha value is -1.25. The summed E-state index contributed by atoms with van der Waals surface area (Å²) in [7, 11) is 0. The Morgan fingerprint density at radius 2 is 2.07 bits per heavy atom. The lowest BCUT2D eigenvalue weighted by atomic mass is 10.2. The number of unbranched alkanes of at least 4 members (excludes halogenated alkanes) is 3. The van der Waals surface area contributed by atoms with Gasteiger partial charge >= 0.3 is 0 Å². The van der Waals surface area contributed by atoms with Gasteiger partial charge in [-0.2, -0.15) is 0 Å². The summed E-state index contributed by atoms with van der Waals surface area (Å²) in [5.41, 5.74) is 5.85. The van der Waals surface area contributed by atoms with Crippen molar-refractivity contribution in [2.24, 2.45) is 0 Å². The number of hydrogen-bond donors (Lipinski definition) is 1. The molecule has 2 N–H and O–H groups in total. The number of rotatable bonds is 6. The highest BCUT2D eigenvalue weighted by atomic mass is 19.1. The normalized spacial score (nSPS) is 10.3. The van der Waals surface area contributed by atoms with Crippen molar-refractivity contribution in [3.8, 4) is 5.75 Å². The van der Waals surface area contributed by atoms with Crippen molar-refractivity contribution in [3.05, 3.63) is 24.0 Å². The highest BCUT2D eigenvalue weighted by Crippen LogP contribution is 2.19. The largest absolute Gasteiger partial charge is 0.491 e. The molecule has 0 aliphatic carbocycles. The summed E-state index contributed by atoms with van der Waals surface area (Å²) < 4.78 is 18.5. The van der Waals surface area contributed by atoms with Crippen LogP contribution in [0, 0.1) is 5.82 Å². The zero-order chi connectivity index (χ0) is 11.1. The molecule has 0 amide bonds. The maximum Gasteiger partial charge on any atom is 0.167 e. The zero-order valence-electron chi connectivity index (χ0n) is 9.13. The average Bonchev–Trinajstić information content (AvgIpc) is 2.20. The molecule has 0 radical (unpaired) electrons. The third kappa shape index (κ3) is 4.19. The number of ether oxygens (including phenoxy) is 1. The molecular formula is C12H18FNO. The summed E-state index contributed by atoms with van der Waals surface area (Å²) >= 11 is 0. The molecule has 0 aliphatic rings. The predicted octanol–water partition coefficient (Wildman–Crippen LogP) is 3.37. The van der Waals surface area contributed by atoms with Gasteiger partial charge in [-0.1, -0.05) is 26.2 Å². The van der Waals surface area contributed by atoms with Gasteiger partial charge in [-0.05, 0) is 18.6 Å². The minimum atomic E-state index is -0.384. The molecule has 0 bridgehead atoms. The Morgan fingerprint density at radius 3 is 2.73 bits per heavy atom. The molecule has 0 heterocycles. The van der Waals surface area contributed by atoms with Crippen molar-refractivity contribution in [2.75, 3.05) is 12.3 Å². The first kappa shape index (κ1) is 11.8. The molecule has 3 heteroatoms. The number of benzene rings is 1. The van der Waals surface area contributed by atoms with E-state index in [1.165, 1.54) is 18.9 Å². The minimum absolute atomic E-state index is 0.292. The topological polar surface area (TPSA) is 35.2 Å². The van der Waals surface area contributed by atoms with Crippen LogP contribution in [0.4, 0.5) is 10.1 Å². The molecule has 2 nitrogen and oxygen atoms in total. The van der Waals surface area contributed by atoms with Crippen molar-refractivity contribution in [2.45, 2.75) is 32.6 Å². The van der Waals surface area contributed by atoms with Gasteiger partial charge in [0, 0.05) is 11.8 Å². The first-order chi connectivity index (χ1) is 7.24. The van der Waals surface area contributed by atoms with E-state index < -0.39 is 0 Å². The fourth-order valence-electron chi connectivity index (χ4n) is 1.35. The van der Waals surface area contributed by atoms with Crippen LogP contribution < -0.4 is 10.5 Å². The van der Waals surface area contributed by atoms with Crippen LogP contribution in [0.25, 0.3) is 0 Å². The van der Waals surface area contributed by atoms with Gasteiger partial charge in [0.15, 0.2) is 11.6 Å². The quantitative estimate of drug-likeness (QED) is 0.578. The lowest BCUT2D eigenvalue weighted by Gasteiger charge is -2.07. The zero-order valence-corrected chi connectivity index (χ0v) is 9.13. The number of nitrogens with two attached hydrogens (primary N) is 1. The lowest BCUT2D eigenvalue weighted by Crippen LogP contribution is -1.99. The number of anilines is 1. The molecule has 0 aromatic heterocycles. The van der Waals surface area contributed by atoms with Crippen molar-refractivity contribution >= 4 is 5.69 Å². The molecule has 0 aliphatic heterocycles. The molecule has 1 aromatic carbocycles. The van der Waals surface area contributed by atoms with Crippen molar-refractivity contribution < 1.29 is 9.13 Å². The molecule has 0 saturated carbocycles. The Morgan fingerprint density at radius 1 is 1.27 bits per heavy atom. The number of halogens is 1. The summed E-state index contributed by atoms with van der Waals surface area (Å²) in [5.74, 6) is -0.0915. The van der Waals surface area contributed by atoms with E-state index in [0.29, 0.717) is 18.0 Å². The summed E-state index contributed by atoms with van der Waals surface area (Å²) in [6.07, 6.45) is 4.49. The molecular weight excluding hydrogens is 193 g/mol. The number of nitrogen functional groups attached to an aromatic ring is 1. The number of hydrogen-bond acceptors (Lipinski definition) is 2. The lowest BCUT2D eigenvalue weighted by molar-refractivity contribution is 0.290. The Kier molecular flexibility index (Phi) is 4.95. The summed E-state index contributed by atoms with van der Waals surface area (Å²) in [6, 6.07) is 4.50. The van der Waals surface area contributed by atoms with Gasteiger partial charge in [-0.25, -0.2) is 4.39 Å². The van der Waals surface area contributed by atoms with E-state index in [1.54, 1.807) is 12.1 Å². The molecule has 0 unspecified atom stereocenters. The molecule has 0 atom stereocenters. The standard InChI is InChI=1S/C12H18FNO/c1-2-3-4-5-8-15-12-7-6-10(14)9-11(12)13/h6-7,9H,2-5,8,14H2,1H3. The molecule has 84 valence electrons. The molecule has 0 saturated heterocycles. The third-order valence-electron chi connectivity index (χ3n) is 2.21. The van der Waals surface area contributed by atoms with Crippen LogP contribution in [0.2, 0.25) is 0 Å². The van der Waals surface area contributed by atoms with E-state index in [-0.39, 0.29) is 5.82 Å². The van der Waals surface area contributed by atoms with E-state index in [9.17, 15) is 4.39 Å². The molecule has 0 spiro atoms. The maximum absolute atomic E-state index is 13.2. The Bertz CT molecular complexity index is 302. The van der Waals surface area contributed by atoms with Crippen LogP contribution in [0.5, 0.6) is 5.75 Å². The third-order valence-corrected chi connectivity index (χ3v) is 2.21. The second-order valence-corrected chi connectivity index (χ2v) is 3.60. The fraction of sp³-hybridized carbons (Fsp3) is 0.500. The van der Waals surface area contributed by atoms with Gasteiger partial charge in [0.25, 0.3) is 0 Å². The van der Waals surface area contributed by atoms with Crippen LogP contribution in [-0.2, 0) is 0 Å². The van der Waals surface area contributed by atoms with E-state index in [4.69, 9.17) is 10.5 Å². The van der Waals surface area contributed by atoms with Crippen LogP contribution in [0.15, 0.2) is 18.2 Å². The van der Waals surface area contributed by atoms with Gasteiger partial charge in [-0.15, -0.1) is 0 Å². The van der Waals surface area contributed by atoms with Crippen LogP contribution in [0.1, 0.15) is 32.6 Å². The van der Waals surface area contributed by atoms with Gasteiger partial charge in [0.1, 0.15) is 0 Å². The fourth-order valence-corrected chi connectivity index (χ4v) is 1.35. The van der Waals surface area contributed by atoms with Gasteiger partial charge in [0.05, 0.1) is 6.61 Å². The van der Waals surface area contributed by atoms with E-state index >= 15 is 0 Å². The van der Waals surface area contributed by atoms with Gasteiger partial charge in [-0.3, -0.25) is 0 Å². The van der Waals surface area contributed by atoms with E-state index in [1.807, 2.05) is 0 Å². The van der Waals surface area contributed by atoms with Crippen LogP contribution >= 0.6 is 0 Å². The summed E-state index contributed by atoms with van der Waals surface area (Å²) in [5, 5.41) is 0. The van der Waals surface area contributed by atoms with Gasteiger partial charge in [0.2, 0.25) is 0 Å². The van der Waals surface area contributed by atoms with E-state index in [0.717, 1.165) is 12.8 Å².